The summed E-state index contributed by atoms with van der Waals surface area (Å²) in [6, 6.07) is 12.8. The number of carbonyl (C=O) groups excluding carboxylic acids is 2. The second kappa shape index (κ2) is 9.40. The summed E-state index contributed by atoms with van der Waals surface area (Å²) < 4.78 is 16.3. The Bertz CT molecular complexity index is 1170. The Labute approximate surface area is 193 Å². The van der Waals surface area contributed by atoms with Gasteiger partial charge in [0.15, 0.2) is 17.3 Å². The number of carbonyl (C=O) groups is 2. The molecular weight excluding hydrogens is 420 g/mol. The van der Waals surface area contributed by atoms with Gasteiger partial charge >= 0.3 is 0 Å². The summed E-state index contributed by atoms with van der Waals surface area (Å²) in [7, 11) is 4.70. The van der Waals surface area contributed by atoms with Crippen molar-refractivity contribution in [2.45, 2.75) is 32.1 Å². The summed E-state index contributed by atoms with van der Waals surface area (Å²) in [4.78, 5) is 26.7. The van der Waals surface area contributed by atoms with Crippen molar-refractivity contribution >= 4 is 17.4 Å². The van der Waals surface area contributed by atoms with Crippen LogP contribution < -0.4 is 24.8 Å². The number of nitrogens with one attached hydrogen (secondary N) is 2. The molecule has 0 saturated carbocycles. The molecule has 172 valence electrons. The maximum atomic E-state index is 13.6. The Morgan fingerprint density at radius 3 is 2.42 bits per heavy atom. The first kappa shape index (κ1) is 22.5. The molecule has 2 aliphatic rings. The molecule has 0 saturated heterocycles. The molecule has 2 aromatic rings. The molecule has 1 aliphatic carbocycles. The minimum absolute atomic E-state index is 0.0543. The lowest BCUT2D eigenvalue weighted by molar-refractivity contribution is -0.116. The van der Waals surface area contributed by atoms with Gasteiger partial charge in [-0.15, -0.1) is 0 Å². The van der Waals surface area contributed by atoms with E-state index in [4.69, 9.17) is 14.2 Å². The van der Waals surface area contributed by atoms with Gasteiger partial charge in [0, 0.05) is 34.9 Å². The number of Topliss-reactive ketones (excluding diaryl/α,β-unsaturated/α-hetero) is 1. The van der Waals surface area contributed by atoms with E-state index >= 15 is 0 Å². The molecule has 1 aliphatic heterocycles. The van der Waals surface area contributed by atoms with Gasteiger partial charge in [-0.3, -0.25) is 9.59 Å². The Balaban J connectivity index is 1.82. The number of amides is 1. The quantitative estimate of drug-likeness (QED) is 0.685. The summed E-state index contributed by atoms with van der Waals surface area (Å²) in [5, 5.41) is 6.31. The molecule has 0 bridgehead atoms. The molecule has 1 amide bonds. The molecule has 0 aromatic heterocycles. The fraction of sp³-hybridized carbons (Fsp3) is 0.308. The molecule has 1 heterocycles. The Morgan fingerprint density at radius 1 is 0.970 bits per heavy atom. The van der Waals surface area contributed by atoms with Gasteiger partial charge in [-0.25, -0.2) is 0 Å². The van der Waals surface area contributed by atoms with Crippen LogP contribution in [0.15, 0.2) is 65.0 Å². The molecular formula is C26H28N2O5. The lowest BCUT2D eigenvalue weighted by Gasteiger charge is -2.34. The van der Waals surface area contributed by atoms with Crippen LogP contribution in [0, 0.1) is 0 Å². The smallest absolute Gasteiger partial charge is 0.254 e. The Hall–Kier alpha value is -3.74. The van der Waals surface area contributed by atoms with Crippen LogP contribution >= 0.6 is 0 Å². The molecule has 0 fully saturated rings. The van der Waals surface area contributed by atoms with Gasteiger partial charge in [-0.05, 0) is 49.6 Å². The normalized spacial score (nSPS) is 17.8. The van der Waals surface area contributed by atoms with E-state index < -0.39 is 5.92 Å². The molecule has 33 heavy (non-hydrogen) atoms. The van der Waals surface area contributed by atoms with E-state index in [1.807, 2.05) is 31.2 Å². The highest BCUT2D eigenvalue weighted by Crippen LogP contribution is 2.44. The van der Waals surface area contributed by atoms with Crippen molar-refractivity contribution in [1.82, 2.24) is 5.32 Å². The Morgan fingerprint density at radius 2 is 1.70 bits per heavy atom. The second-order valence-corrected chi connectivity index (χ2v) is 8.03. The molecule has 0 spiro atoms. The van der Waals surface area contributed by atoms with Crippen molar-refractivity contribution < 1.29 is 23.8 Å². The number of para-hydroxylation sites is 2. The minimum atomic E-state index is -0.524. The van der Waals surface area contributed by atoms with Crippen molar-refractivity contribution in [3.63, 3.8) is 0 Å². The van der Waals surface area contributed by atoms with E-state index in [-0.39, 0.29) is 11.7 Å². The van der Waals surface area contributed by atoms with Gasteiger partial charge in [-0.1, -0.05) is 18.2 Å². The summed E-state index contributed by atoms with van der Waals surface area (Å²) in [6.07, 6.45) is 2.02. The van der Waals surface area contributed by atoms with Gasteiger partial charge < -0.3 is 24.8 Å². The van der Waals surface area contributed by atoms with Crippen molar-refractivity contribution in [2.75, 3.05) is 26.6 Å². The second-order valence-electron chi connectivity index (χ2n) is 8.03. The highest BCUT2D eigenvalue weighted by atomic mass is 16.5. The van der Waals surface area contributed by atoms with E-state index in [2.05, 4.69) is 10.6 Å². The van der Waals surface area contributed by atoms with E-state index in [0.717, 1.165) is 29.8 Å². The fourth-order valence-electron chi connectivity index (χ4n) is 4.59. The zero-order valence-electron chi connectivity index (χ0n) is 19.3. The van der Waals surface area contributed by atoms with E-state index in [1.165, 1.54) is 0 Å². The van der Waals surface area contributed by atoms with Crippen molar-refractivity contribution in [3.8, 4) is 17.2 Å². The largest absolute Gasteiger partial charge is 0.495 e. The average Bonchev–Trinajstić information content (AvgIpc) is 2.83. The topological polar surface area (TPSA) is 85.9 Å². The maximum absolute atomic E-state index is 13.6. The summed E-state index contributed by atoms with van der Waals surface area (Å²) in [5.41, 5.74) is 4.09. The van der Waals surface area contributed by atoms with Crippen LogP contribution in [0.25, 0.3) is 0 Å². The van der Waals surface area contributed by atoms with Gasteiger partial charge in [0.05, 0.1) is 27.0 Å². The zero-order chi connectivity index (χ0) is 23.5. The lowest BCUT2D eigenvalue weighted by Crippen LogP contribution is -2.35. The fourth-order valence-corrected chi connectivity index (χ4v) is 4.59. The highest BCUT2D eigenvalue weighted by Gasteiger charge is 2.39. The molecule has 4 rings (SSSR count). The number of ether oxygens (including phenoxy) is 3. The number of dihydropyridines is 1. The number of anilines is 1. The maximum Gasteiger partial charge on any atom is 0.254 e. The van der Waals surface area contributed by atoms with Crippen molar-refractivity contribution in [2.24, 2.45) is 0 Å². The van der Waals surface area contributed by atoms with Crippen LogP contribution in [0.2, 0.25) is 0 Å². The van der Waals surface area contributed by atoms with Crippen LogP contribution in [0.5, 0.6) is 17.2 Å². The molecule has 1 atom stereocenters. The standard InChI is InChI=1S/C26H28N2O5/c1-15-23(26(30)28-17-8-5-6-11-20(17)31-2)24(25-18(27-15)9-7-10-19(25)29)16-12-13-21(32-3)22(14-16)33-4/h5-6,8,11-14,24,27H,7,9-10H2,1-4H3,(H,28,30). The van der Waals surface area contributed by atoms with E-state index in [0.29, 0.717) is 40.5 Å². The van der Waals surface area contributed by atoms with Gasteiger partial charge in [0.2, 0.25) is 0 Å². The predicted octanol–water partition coefficient (Wildman–Crippen LogP) is 4.32. The third-order valence-corrected chi connectivity index (χ3v) is 6.12. The molecule has 7 heteroatoms. The molecule has 7 nitrogen and oxygen atoms in total. The van der Waals surface area contributed by atoms with Crippen LogP contribution in [0.3, 0.4) is 0 Å². The van der Waals surface area contributed by atoms with E-state index in [9.17, 15) is 9.59 Å². The van der Waals surface area contributed by atoms with Crippen LogP contribution in [0.4, 0.5) is 5.69 Å². The van der Waals surface area contributed by atoms with Crippen molar-refractivity contribution in [3.05, 3.63) is 70.6 Å². The summed E-state index contributed by atoms with van der Waals surface area (Å²) in [5.74, 6) is 0.918. The highest BCUT2D eigenvalue weighted by molar-refractivity contribution is 6.10. The monoisotopic (exact) mass is 448 g/mol. The minimum Gasteiger partial charge on any atom is -0.495 e. The van der Waals surface area contributed by atoms with Crippen LogP contribution in [-0.4, -0.2) is 33.0 Å². The first-order valence-corrected chi connectivity index (χ1v) is 10.9. The van der Waals surface area contributed by atoms with Gasteiger partial charge in [-0.2, -0.15) is 0 Å². The summed E-state index contributed by atoms with van der Waals surface area (Å²) >= 11 is 0. The number of rotatable bonds is 6. The first-order valence-electron chi connectivity index (χ1n) is 10.9. The third kappa shape index (κ3) is 4.18. The average molecular weight is 449 g/mol. The Kier molecular flexibility index (Phi) is 6.40. The number of allylic oxidation sites excluding steroid dienone is 3. The number of benzene rings is 2. The van der Waals surface area contributed by atoms with Crippen LogP contribution in [0.1, 0.15) is 37.7 Å². The molecule has 2 aromatic carbocycles. The SMILES string of the molecule is COc1ccccc1NC(=O)C1=C(C)NC2=C(C(=O)CCC2)C1c1ccc(OC)c(OC)c1. The zero-order valence-corrected chi connectivity index (χ0v) is 19.3. The molecule has 1 unspecified atom stereocenters. The third-order valence-electron chi connectivity index (χ3n) is 6.12. The molecule has 2 N–H and O–H groups in total. The number of methoxy groups -OCH3 is 3. The van der Waals surface area contributed by atoms with Gasteiger partial charge in [0.1, 0.15) is 5.75 Å². The number of ketones is 1. The van der Waals surface area contributed by atoms with Gasteiger partial charge in [0.25, 0.3) is 5.91 Å². The van der Waals surface area contributed by atoms with E-state index in [1.54, 1.807) is 39.5 Å². The molecule has 0 radical (unpaired) electrons. The number of hydrogen-bond acceptors (Lipinski definition) is 6. The number of hydrogen-bond donors (Lipinski definition) is 2. The van der Waals surface area contributed by atoms with Crippen LogP contribution in [-0.2, 0) is 9.59 Å². The predicted molar refractivity (Wildman–Crippen MR) is 126 cm³/mol. The summed E-state index contributed by atoms with van der Waals surface area (Å²) in [6.45, 7) is 1.87. The first-order chi connectivity index (χ1) is 16.0. The lowest BCUT2D eigenvalue weighted by atomic mass is 9.75. The van der Waals surface area contributed by atoms with Crippen molar-refractivity contribution in [1.29, 1.82) is 0 Å².